The molecule has 19 heavy (non-hydrogen) atoms. The van der Waals surface area contributed by atoms with E-state index in [1.54, 1.807) is 0 Å². The van der Waals surface area contributed by atoms with Gasteiger partial charge < -0.3 is 10.2 Å². The third-order valence-electron chi connectivity index (χ3n) is 3.86. The normalized spacial score (nSPS) is 17.6. The van der Waals surface area contributed by atoms with Crippen LogP contribution in [0.4, 0.5) is 5.95 Å². The summed E-state index contributed by atoms with van der Waals surface area (Å²) in [6.07, 6.45) is 8.91. The fourth-order valence-electron chi connectivity index (χ4n) is 2.69. The predicted molar refractivity (Wildman–Crippen MR) is 79.3 cm³/mol. The average molecular weight is 262 g/mol. The standard InChI is InChI=1S/C15H26N4/c1-3-8-19-9-5-14(6-10-19)4-7-16-15-17-11-13(2)12-18-15/h11-12,14H,3-10H2,1-2H3,(H,16,17,18). The molecule has 0 spiro atoms. The molecule has 106 valence electrons. The van der Waals surface area contributed by atoms with Crippen LogP contribution in [0.1, 0.15) is 38.2 Å². The second-order valence-electron chi connectivity index (χ2n) is 5.58. The molecule has 0 aromatic carbocycles. The van der Waals surface area contributed by atoms with Crippen molar-refractivity contribution in [3.05, 3.63) is 18.0 Å². The minimum Gasteiger partial charge on any atom is -0.354 e. The van der Waals surface area contributed by atoms with Crippen molar-refractivity contribution in [3.63, 3.8) is 0 Å². The minimum atomic E-state index is 0.758. The Morgan fingerprint density at radius 2 is 1.95 bits per heavy atom. The van der Waals surface area contributed by atoms with Crippen molar-refractivity contribution in [1.29, 1.82) is 0 Å². The molecule has 2 rings (SSSR count). The molecule has 1 aromatic heterocycles. The Balaban J connectivity index is 1.63. The third-order valence-corrected chi connectivity index (χ3v) is 3.86. The lowest BCUT2D eigenvalue weighted by molar-refractivity contribution is 0.181. The Morgan fingerprint density at radius 1 is 1.26 bits per heavy atom. The summed E-state index contributed by atoms with van der Waals surface area (Å²) in [5, 5.41) is 3.32. The lowest BCUT2D eigenvalue weighted by Crippen LogP contribution is -2.34. The summed E-state index contributed by atoms with van der Waals surface area (Å²) in [4.78, 5) is 11.1. The largest absolute Gasteiger partial charge is 0.354 e. The van der Waals surface area contributed by atoms with Crippen LogP contribution >= 0.6 is 0 Å². The third kappa shape index (κ3) is 4.78. The lowest BCUT2D eigenvalue weighted by atomic mass is 9.93. The van der Waals surface area contributed by atoms with Gasteiger partial charge >= 0.3 is 0 Å². The summed E-state index contributed by atoms with van der Waals surface area (Å²) >= 11 is 0. The molecule has 0 unspecified atom stereocenters. The zero-order valence-corrected chi connectivity index (χ0v) is 12.2. The van der Waals surface area contributed by atoms with Crippen LogP contribution in [0, 0.1) is 12.8 Å². The molecule has 1 aliphatic rings. The molecule has 0 radical (unpaired) electrons. The Kier molecular flexibility index (Phi) is 5.58. The van der Waals surface area contributed by atoms with Crippen LogP contribution in [0.2, 0.25) is 0 Å². The fourth-order valence-corrected chi connectivity index (χ4v) is 2.69. The number of likely N-dealkylation sites (tertiary alicyclic amines) is 1. The van der Waals surface area contributed by atoms with Gasteiger partial charge in [-0.2, -0.15) is 0 Å². The van der Waals surface area contributed by atoms with Crippen LogP contribution in [-0.4, -0.2) is 41.0 Å². The summed E-state index contributed by atoms with van der Waals surface area (Å²) in [6, 6.07) is 0. The highest BCUT2D eigenvalue weighted by molar-refractivity contribution is 5.23. The summed E-state index contributed by atoms with van der Waals surface area (Å²) in [7, 11) is 0. The van der Waals surface area contributed by atoms with E-state index < -0.39 is 0 Å². The predicted octanol–water partition coefficient (Wildman–Crippen LogP) is 2.71. The van der Waals surface area contributed by atoms with E-state index in [1.165, 1.54) is 45.3 Å². The van der Waals surface area contributed by atoms with Gasteiger partial charge in [-0.3, -0.25) is 0 Å². The van der Waals surface area contributed by atoms with Gasteiger partial charge in [0.1, 0.15) is 0 Å². The number of aryl methyl sites for hydroxylation is 1. The molecular formula is C15H26N4. The van der Waals surface area contributed by atoms with Crippen molar-refractivity contribution in [3.8, 4) is 0 Å². The Morgan fingerprint density at radius 3 is 2.58 bits per heavy atom. The van der Waals surface area contributed by atoms with Gasteiger partial charge in [0.15, 0.2) is 0 Å². The van der Waals surface area contributed by atoms with Crippen molar-refractivity contribution in [2.24, 2.45) is 5.92 Å². The van der Waals surface area contributed by atoms with E-state index in [0.29, 0.717) is 0 Å². The van der Waals surface area contributed by atoms with E-state index in [2.05, 4.69) is 27.1 Å². The van der Waals surface area contributed by atoms with Gasteiger partial charge in [-0.15, -0.1) is 0 Å². The average Bonchev–Trinajstić information content (AvgIpc) is 2.43. The van der Waals surface area contributed by atoms with Gasteiger partial charge in [-0.25, -0.2) is 9.97 Å². The summed E-state index contributed by atoms with van der Waals surface area (Å²) in [5.41, 5.74) is 1.11. The Hall–Kier alpha value is -1.16. The lowest BCUT2D eigenvalue weighted by Gasteiger charge is -2.31. The van der Waals surface area contributed by atoms with Crippen LogP contribution in [0.15, 0.2) is 12.4 Å². The molecule has 0 amide bonds. The highest BCUT2D eigenvalue weighted by Gasteiger charge is 2.17. The van der Waals surface area contributed by atoms with Gasteiger partial charge in [0.05, 0.1) is 0 Å². The van der Waals surface area contributed by atoms with Crippen LogP contribution in [0.3, 0.4) is 0 Å². The van der Waals surface area contributed by atoms with Crippen molar-refractivity contribution in [2.45, 2.75) is 39.5 Å². The quantitative estimate of drug-likeness (QED) is 0.856. The first-order valence-electron chi connectivity index (χ1n) is 7.53. The minimum absolute atomic E-state index is 0.758. The van der Waals surface area contributed by atoms with Gasteiger partial charge in [0.25, 0.3) is 0 Å². The first-order chi connectivity index (χ1) is 9.28. The number of hydrogen-bond acceptors (Lipinski definition) is 4. The summed E-state index contributed by atoms with van der Waals surface area (Å²) < 4.78 is 0. The van der Waals surface area contributed by atoms with Crippen molar-refractivity contribution >= 4 is 5.95 Å². The van der Waals surface area contributed by atoms with Crippen molar-refractivity contribution in [2.75, 3.05) is 31.5 Å². The highest BCUT2D eigenvalue weighted by atomic mass is 15.1. The molecule has 1 aromatic rings. The van der Waals surface area contributed by atoms with Crippen molar-refractivity contribution in [1.82, 2.24) is 14.9 Å². The number of aromatic nitrogens is 2. The smallest absolute Gasteiger partial charge is 0.222 e. The fraction of sp³-hybridized carbons (Fsp3) is 0.733. The maximum Gasteiger partial charge on any atom is 0.222 e. The molecule has 0 atom stereocenters. The topological polar surface area (TPSA) is 41.0 Å². The maximum absolute atomic E-state index is 4.27. The van der Waals surface area contributed by atoms with E-state index in [0.717, 1.165) is 24.0 Å². The van der Waals surface area contributed by atoms with E-state index in [-0.39, 0.29) is 0 Å². The van der Waals surface area contributed by atoms with Crippen LogP contribution < -0.4 is 5.32 Å². The molecular weight excluding hydrogens is 236 g/mol. The summed E-state index contributed by atoms with van der Waals surface area (Å²) in [5.74, 6) is 1.63. The summed E-state index contributed by atoms with van der Waals surface area (Å²) in [6.45, 7) is 9.08. The molecule has 1 N–H and O–H groups in total. The number of anilines is 1. The zero-order valence-electron chi connectivity index (χ0n) is 12.2. The monoisotopic (exact) mass is 262 g/mol. The van der Waals surface area contributed by atoms with E-state index in [1.807, 2.05) is 19.3 Å². The highest BCUT2D eigenvalue weighted by Crippen LogP contribution is 2.20. The molecule has 0 saturated carbocycles. The molecule has 1 saturated heterocycles. The van der Waals surface area contributed by atoms with Gasteiger partial charge in [0.2, 0.25) is 5.95 Å². The molecule has 0 aliphatic carbocycles. The molecule has 2 heterocycles. The molecule has 4 heteroatoms. The number of piperidine rings is 1. The van der Waals surface area contributed by atoms with Gasteiger partial charge in [-0.1, -0.05) is 6.92 Å². The van der Waals surface area contributed by atoms with E-state index in [9.17, 15) is 0 Å². The van der Waals surface area contributed by atoms with E-state index >= 15 is 0 Å². The number of nitrogens with one attached hydrogen (secondary N) is 1. The number of hydrogen-bond donors (Lipinski definition) is 1. The Bertz CT molecular complexity index is 355. The van der Waals surface area contributed by atoms with Crippen molar-refractivity contribution < 1.29 is 0 Å². The maximum atomic E-state index is 4.27. The second-order valence-corrected chi connectivity index (χ2v) is 5.58. The Labute approximate surface area is 116 Å². The molecule has 1 fully saturated rings. The van der Waals surface area contributed by atoms with Crippen LogP contribution in [0.25, 0.3) is 0 Å². The number of nitrogens with zero attached hydrogens (tertiary/aromatic N) is 3. The van der Waals surface area contributed by atoms with E-state index in [4.69, 9.17) is 0 Å². The molecule has 4 nitrogen and oxygen atoms in total. The SMILES string of the molecule is CCCN1CCC(CCNc2ncc(C)cn2)CC1. The van der Waals surface area contributed by atoms with Gasteiger partial charge in [-0.05, 0) is 63.7 Å². The molecule has 1 aliphatic heterocycles. The second kappa shape index (κ2) is 7.43. The zero-order chi connectivity index (χ0) is 13.5. The van der Waals surface area contributed by atoms with Crippen LogP contribution in [-0.2, 0) is 0 Å². The van der Waals surface area contributed by atoms with Gasteiger partial charge in [0, 0.05) is 18.9 Å². The molecule has 0 bridgehead atoms. The first-order valence-corrected chi connectivity index (χ1v) is 7.53. The first kappa shape index (κ1) is 14.3. The number of rotatable bonds is 6. The van der Waals surface area contributed by atoms with Crippen LogP contribution in [0.5, 0.6) is 0 Å².